The summed E-state index contributed by atoms with van der Waals surface area (Å²) >= 11 is 3.85. The number of aromatic nitrogens is 1. The van der Waals surface area contributed by atoms with Crippen molar-refractivity contribution in [2.45, 2.75) is 24.5 Å². The monoisotopic (exact) mass is 890 g/mol. The molecule has 314 valence electrons. The lowest BCUT2D eigenvalue weighted by atomic mass is 9.87. The number of allylic oxidation sites excluding steroid dienone is 3. The molecule has 0 bridgehead atoms. The molecule has 3 atom stereocenters. The second-order valence-corrected chi connectivity index (χ2v) is 20.5. The molecule has 3 unspecified atom stereocenters. The molecule has 0 amide bonds. The molecule has 0 radical (unpaired) electrons. The highest BCUT2D eigenvalue weighted by Gasteiger charge is 2.45. The number of aliphatic imine (C=N–C) groups is 1. The number of nitrogens with zero attached hydrogens (tertiary/aromatic N) is 3. The van der Waals surface area contributed by atoms with Crippen LogP contribution in [-0.4, -0.2) is 16.3 Å². The van der Waals surface area contributed by atoms with Gasteiger partial charge >= 0.3 is 0 Å². The molecule has 16 rings (SSSR count). The van der Waals surface area contributed by atoms with E-state index in [0.717, 1.165) is 18.0 Å². The minimum absolute atomic E-state index is 0.0788. The predicted octanol–water partition coefficient (Wildman–Crippen LogP) is 15.9. The first-order valence-corrected chi connectivity index (χ1v) is 24.9. The van der Waals surface area contributed by atoms with Crippen molar-refractivity contribution < 1.29 is 0 Å². The summed E-state index contributed by atoms with van der Waals surface area (Å²) in [5.74, 6) is 1.33. The van der Waals surface area contributed by atoms with E-state index in [1.807, 2.05) is 22.7 Å². The van der Waals surface area contributed by atoms with Crippen LogP contribution in [-0.2, 0) is 6.42 Å². The van der Waals surface area contributed by atoms with E-state index in [1.165, 1.54) is 123 Å². The van der Waals surface area contributed by atoms with E-state index in [4.69, 9.17) is 4.99 Å². The lowest BCUT2D eigenvalue weighted by Crippen LogP contribution is -2.42. The summed E-state index contributed by atoms with van der Waals surface area (Å²) in [6, 6.07) is 63.1. The fraction of sp³-hybridized carbons (Fsp3) is 0.0656. The molecule has 67 heavy (non-hydrogen) atoms. The van der Waals surface area contributed by atoms with Gasteiger partial charge in [0.2, 0.25) is 0 Å². The van der Waals surface area contributed by atoms with Gasteiger partial charge < -0.3 is 14.8 Å². The maximum Gasteiger partial charge on any atom is 0.147 e. The summed E-state index contributed by atoms with van der Waals surface area (Å²) in [5, 5.41) is 17.4. The molecule has 2 aliphatic carbocycles. The van der Waals surface area contributed by atoms with Crippen LogP contribution in [0.1, 0.15) is 34.3 Å². The quantitative estimate of drug-likeness (QED) is 0.192. The van der Waals surface area contributed by atoms with Gasteiger partial charge in [-0.3, -0.25) is 4.99 Å². The predicted molar refractivity (Wildman–Crippen MR) is 286 cm³/mol. The van der Waals surface area contributed by atoms with E-state index in [-0.39, 0.29) is 18.1 Å². The molecule has 3 aromatic heterocycles. The molecule has 0 saturated carbocycles. The number of thiophene rings is 2. The van der Waals surface area contributed by atoms with Crippen molar-refractivity contribution in [2.24, 2.45) is 4.99 Å². The first kappa shape index (κ1) is 36.4. The fourth-order valence-corrected chi connectivity index (χ4v) is 15.1. The molecule has 4 nitrogen and oxygen atoms in total. The van der Waals surface area contributed by atoms with Crippen molar-refractivity contribution in [3.63, 3.8) is 0 Å². The van der Waals surface area contributed by atoms with Gasteiger partial charge in [-0.05, 0) is 57.1 Å². The average molecular weight is 891 g/mol. The van der Waals surface area contributed by atoms with Gasteiger partial charge in [-0.25, -0.2) is 0 Å². The normalized spacial score (nSPS) is 18.5. The Kier molecular flexibility index (Phi) is 7.30. The molecule has 6 heteroatoms. The smallest absolute Gasteiger partial charge is 0.147 e. The Morgan fingerprint density at radius 2 is 1.22 bits per heavy atom. The molecular weight excluding hydrogens is 853 g/mol. The molecular formula is C61H38N4S2. The lowest BCUT2D eigenvalue weighted by molar-refractivity contribution is 0.586. The SMILES string of the molecule is C1=CC2c3c(c4c5ccccc5sc4c4ccccc34)N(C3=C4C(=NC(c5cccc6c5sc5c7ccccc7c7c8ccccc8n(-c8ccccc8)c7c65)N3)Cc3ccccc34)C2C=C1. The van der Waals surface area contributed by atoms with Crippen LogP contribution >= 0.6 is 22.7 Å². The zero-order valence-electron chi connectivity index (χ0n) is 36.1. The lowest BCUT2D eigenvalue weighted by Gasteiger charge is -2.37. The zero-order valence-corrected chi connectivity index (χ0v) is 37.7. The first-order chi connectivity index (χ1) is 33.3. The molecule has 4 aliphatic rings. The molecule has 9 aromatic carbocycles. The van der Waals surface area contributed by atoms with Crippen LogP contribution in [0.4, 0.5) is 5.69 Å². The van der Waals surface area contributed by atoms with Crippen molar-refractivity contribution in [1.82, 2.24) is 9.88 Å². The van der Waals surface area contributed by atoms with Gasteiger partial charge in [0, 0.05) is 85.7 Å². The Hall–Kier alpha value is -7.77. The van der Waals surface area contributed by atoms with Gasteiger partial charge in [0.1, 0.15) is 12.0 Å². The van der Waals surface area contributed by atoms with Crippen LogP contribution in [0.3, 0.4) is 0 Å². The van der Waals surface area contributed by atoms with Crippen molar-refractivity contribution in [2.75, 3.05) is 4.90 Å². The summed E-state index contributed by atoms with van der Waals surface area (Å²) in [5.41, 5.74) is 12.6. The van der Waals surface area contributed by atoms with Gasteiger partial charge in [0.05, 0.1) is 28.5 Å². The highest BCUT2D eigenvalue weighted by molar-refractivity contribution is 7.27. The molecule has 0 saturated heterocycles. The Bertz CT molecular complexity index is 4310. The number of hydrogen-bond donors (Lipinski definition) is 1. The van der Waals surface area contributed by atoms with E-state index < -0.39 is 0 Å². The van der Waals surface area contributed by atoms with Gasteiger partial charge in [0.25, 0.3) is 0 Å². The van der Waals surface area contributed by atoms with Crippen molar-refractivity contribution >= 4 is 123 Å². The minimum atomic E-state index is -0.317. The minimum Gasteiger partial charge on any atom is -0.346 e. The summed E-state index contributed by atoms with van der Waals surface area (Å²) in [4.78, 5) is 8.50. The number of para-hydroxylation sites is 2. The van der Waals surface area contributed by atoms with Crippen LogP contribution in [0.15, 0.2) is 205 Å². The second kappa shape index (κ2) is 13.4. The molecule has 12 aromatic rings. The molecule has 5 heterocycles. The number of hydrogen-bond acceptors (Lipinski definition) is 5. The van der Waals surface area contributed by atoms with Gasteiger partial charge in [0.15, 0.2) is 0 Å². The van der Waals surface area contributed by atoms with Crippen LogP contribution < -0.4 is 10.2 Å². The molecule has 0 spiro atoms. The fourth-order valence-electron chi connectivity index (χ4n) is 12.5. The zero-order chi connectivity index (χ0) is 43.5. The number of benzene rings is 9. The number of fused-ring (bicyclic) bond motifs is 23. The van der Waals surface area contributed by atoms with Gasteiger partial charge in [-0.15, -0.1) is 22.7 Å². The average Bonchev–Trinajstić information content (AvgIpc) is 4.21. The van der Waals surface area contributed by atoms with E-state index in [9.17, 15) is 0 Å². The summed E-state index contributed by atoms with van der Waals surface area (Å²) in [6.45, 7) is 0. The van der Waals surface area contributed by atoms with E-state index in [0.29, 0.717) is 0 Å². The van der Waals surface area contributed by atoms with Crippen LogP contribution in [0.2, 0.25) is 0 Å². The van der Waals surface area contributed by atoms with Crippen molar-refractivity contribution in [3.05, 3.63) is 222 Å². The molecule has 2 aliphatic heterocycles. The van der Waals surface area contributed by atoms with Crippen LogP contribution in [0.25, 0.3) is 95.0 Å². The topological polar surface area (TPSA) is 32.6 Å². The molecule has 1 N–H and O–H groups in total. The van der Waals surface area contributed by atoms with Crippen molar-refractivity contribution in [3.8, 4) is 5.69 Å². The van der Waals surface area contributed by atoms with E-state index in [2.05, 4.69) is 209 Å². The second-order valence-electron chi connectivity index (χ2n) is 18.4. The number of nitrogens with one attached hydrogen (secondary N) is 1. The Labute approximate surface area is 393 Å². The third kappa shape index (κ3) is 4.78. The standard InChI is InChI=1S/C61H38N4S2/c1-2-18-35(19-3-1)64-47-30-13-10-25-41(47)50-38-22-7-9-24-40(38)59-54(55(50)64)44-28-16-29-45(57(44)67-59)60-62-46-33-34-17-4-5-20-36(34)52(46)61(63-60)65-48-31-14-11-26-42(48)51-37-21-6-8-23-39(37)58-53(56(51)65)43-27-12-15-32-49(43)66-58/h1-32,42,48,60,63H,33H2. The number of rotatable bonds is 3. The van der Waals surface area contributed by atoms with Crippen molar-refractivity contribution in [1.29, 1.82) is 0 Å². The Balaban J connectivity index is 0.980. The Morgan fingerprint density at radius 1 is 0.537 bits per heavy atom. The summed E-state index contributed by atoms with van der Waals surface area (Å²) in [7, 11) is 0. The maximum atomic E-state index is 5.80. The van der Waals surface area contributed by atoms with Crippen LogP contribution in [0.5, 0.6) is 0 Å². The third-order valence-electron chi connectivity index (χ3n) is 15.1. The highest BCUT2D eigenvalue weighted by Crippen LogP contribution is 2.58. The van der Waals surface area contributed by atoms with E-state index >= 15 is 0 Å². The van der Waals surface area contributed by atoms with Gasteiger partial charge in [-0.2, -0.15) is 0 Å². The largest absolute Gasteiger partial charge is 0.346 e. The van der Waals surface area contributed by atoms with Gasteiger partial charge in [-0.1, -0.05) is 170 Å². The van der Waals surface area contributed by atoms with Crippen LogP contribution in [0, 0.1) is 0 Å². The highest BCUT2D eigenvalue weighted by atomic mass is 32.1. The third-order valence-corrected chi connectivity index (χ3v) is 17.6. The molecule has 0 fully saturated rings. The summed E-state index contributed by atoms with van der Waals surface area (Å²) in [6.07, 6.45) is 9.87. The summed E-state index contributed by atoms with van der Waals surface area (Å²) < 4.78 is 7.77. The first-order valence-electron chi connectivity index (χ1n) is 23.3. The maximum absolute atomic E-state index is 5.80. The van der Waals surface area contributed by atoms with E-state index in [1.54, 1.807) is 0 Å². The Morgan fingerprint density at radius 3 is 2.10 bits per heavy atom. The number of anilines is 1.